The molecule has 1 fully saturated rings. The zero-order valence-corrected chi connectivity index (χ0v) is 18.9. The molecule has 158 valence electrons. The monoisotopic (exact) mass is 513 g/mol. The van der Waals surface area contributed by atoms with Crippen LogP contribution in [0.4, 0.5) is 4.39 Å². The number of rotatable bonds is 3. The molecule has 4 heterocycles. The Labute approximate surface area is 193 Å². The first-order valence-corrected chi connectivity index (χ1v) is 9.90. The van der Waals surface area contributed by atoms with Gasteiger partial charge in [0.15, 0.2) is 11.5 Å². The number of para-hydroxylation sites is 1. The van der Waals surface area contributed by atoms with E-state index in [1.807, 2.05) is 53.1 Å². The number of alkyl halides is 1. The van der Waals surface area contributed by atoms with Crippen molar-refractivity contribution in [1.29, 1.82) is 0 Å². The zero-order chi connectivity index (χ0) is 19.1. The fourth-order valence-electron chi connectivity index (χ4n) is 3.47. The van der Waals surface area contributed by atoms with Crippen LogP contribution in [0.15, 0.2) is 53.1 Å². The normalized spacial score (nSPS) is 18.6. The highest BCUT2D eigenvalue weighted by Crippen LogP contribution is 2.29. The predicted octanol–water partition coefficient (Wildman–Crippen LogP) is 4.63. The van der Waals surface area contributed by atoms with Gasteiger partial charge in [-0.1, -0.05) is 18.2 Å². The summed E-state index contributed by atoms with van der Waals surface area (Å²) in [4.78, 5) is 4.79. The van der Waals surface area contributed by atoms with Gasteiger partial charge in [0.1, 0.15) is 29.2 Å². The number of pyridine rings is 2. The second kappa shape index (κ2) is 9.43. The summed E-state index contributed by atoms with van der Waals surface area (Å²) in [5, 5.41) is 12.5. The number of aromatic nitrogens is 4. The van der Waals surface area contributed by atoms with Gasteiger partial charge in [0.2, 0.25) is 0 Å². The molecule has 1 aromatic carbocycles. The molecular formula is C20H19BrCl2FN5O. The fourth-order valence-corrected chi connectivity index (χ4v) is 3.81. The number of hydrogen-bond acceptors (Lipinski definition) is 5. The average Bonchev–Trinajstić information content (AvgIpc) is 3.12. The molecule has 1 aliphatic rings. The summed E-state index contributed by atoms with van der Waals surface area (Å²) < 4.78 is 23.0. The molecule has 2 atom stereocenters. The number of nitrogens with zero attached hydrogens (tertiary/aromatic N) is 4. The van der Waals surface area contributed by atoms with Crippen LogP contribution in [0.1, 0.15) is 6.42 Å². The van der Waals surface area contributed by atoms with Crippen molar-refractivity contribution in [3.63, 3.8) is 0 Å². The quantitative estimate of drug-likeness (QED) is 0.432. The SMILES string of the molecule is Cl.Cl.F[C@@H]1CNCC[C@@H]1Oc1cccc2ccc(-c3nnc4ccc(Br)cn34)nc12. The van der Waals surface area contributed by atoms with E-state index < -0.39 is 12.3 Å². The van der Waals surface area contributed by atoms with Crippen molar-refractivity contribution in [2.45, 2.75) is 18.7 Å². The minimum Gasteiger partial charge on any atom is -0.485 e. The molecule has 1 aliphatic heterocycles. The highest BCUT2D eigenvalue weighted by molar-refractivity contribution is 9.10. The molecule has 4 aromatic rings. The number of ether oxygens (including phenoxy) is 1. The van der Waals surface area contributed by atoms with Crippen LogP contribution in [0, 0.1) is 0 Å². The summed E-state index contributed by atoms with van der Waals surface area (Å²) in [7, 11) is 0. The Morgan fingerprint density at radius 2 is 1.97 bits per heavy atom. The minimum absolute atomic E-state index is 0. The van der Waals surface area contributed by atoms with Gasteiger partial charge in [-0.2, -0.15) is 0 Å². The van der Waals surface area contributed by atoms with Gasteiger partial charge in [0, 0.05) is 22.6 Å². The molecule has 0 radical (unpaired) electrons. The number of piperidine rings is 1. The molecule has 0 amide bonds. The van der Waals surface area contributed by atoms with E-state index in [0.717, 1.165) is 22.1 Å². The van der Waals surface area contributed by atoms with Crippen LogP contribution in [0.25, 0.3) is 28.1 Å². The molecular weight excluding hydrogens is 496 g/mol. The molecule has 30 heavy (non-hydrogen) atoms. The summed E-state index contributed by atoms with van der Waals surface area (Å²) in [6.07, 6.45) is 1.02. The molecule has 10 heteroatoms. The van der Waals surface area contributed by atoms with E-state index in [-0.39, 0.29) is 24.8 Å². The van der Waals surface area contributed by atoms with E-state index in [9.17, 15) is 4.39 Å². The Kier molecular flexibility index (Phi) is 7.13. The average molecular weight is 515 g/mol. The molecule has 5 rings (SSSR count). The predicted molar refractivity (Wildman–Crippen MR) is 123 cm³/mol. The Bertz CT molecular complexity index is 1170. The van der Waals surface area contributed by atoms with Gasteiger partial charge in [-0.05, 0) is 53.2 Å². The summed E-state index contributed by atoms with van der Waals surface area (Å²) in [5.41, 5.74) is 2.10. The van der Waals surface area contributed by atoms with Crippen molar-refractivity contribution in [1.82, 2.24) is 24.9 Å². The Morgan fingerprint density at radius 1 is 1.10 bits per heavy atom. The summed E-state index contributed by atoms with van der Waals surface area (Å²) in [6, 6.07) is 13.4. The number of hydrogen-bond donors (Lipinski definition) is 1. The molecule has 0 aliphatic carbocycles. The number of benzene rings is 1. The number of fused-ring (bicyclic) bond motifs is 2. The standard InChI is InChI=1S/C20H17BrFN5O.2ClH/c21-13-5-7-18-25-26-20(27(18)11-13)15-6-4-12-2-1-3-17(19(12)24-15)28-16-8-9-23-10-14(16)22;;/h1-7,11,14,16,23H,8-10H2;2*1H/t14-,16+;;/m1../s1. The van der Waals surface area contributed by atoms with Crippen molar-refractivity contribution in [3.8, 4) is 17.3 Å². The topological polar surface area (TPSA) is 64.3 Å². The van der Waals surface area contributed by atoms with E-state index in [0.29, 0.717) is 35.8 Å². The lowest BCUT2D eigenvalue weighted by Crippen LogP contribution is -2.44. The third kappa shape index (κ3) is 4.23. The van der Waals surface area contributed by atoms with Crippen molar-refractivity contribution in [2.75, 3.05) is 13.1 Å². The summed E-state index contributed by atoms with van der Waals surface area (Å²) in [6.45, 7) is 1.06. The fraction of sp³-hybridized carbons (Fsp3) is 0.250. The van der Waals surface area contributed by atoms with E-state index >= 15 is 0 Å². The molecule has 1 N–H and O–H groups in total. The van der Waals surface area contributed by atoms with Gasteiger partial charge >= 0.3 is 0 Å². The first kappa shape index (κ1) is 22.7. The minimum atomic E-state index is -1.04. The summed E-state index contributed by atoms with van der Waals surface area (Å²) >= 11 is 3.48. The maximum Gasteiger partial charge on any atom is 0.187 e. The van der Waals surface area contributed by atoms with Crippen LogP contribution in [-0.2, 0) is 0 Å². The third-order valence-corrected chi connectivity index (χ3v) is 5.37. The molecule has 0 bridgehead atoms. The van der Waals surface area contributed by atoms with Crippen molar-refractivity contribution in [3.05, 3.63) is 53.1 Å². The van der Waals surface area contributed by atoms with Crippen molar-refractivity contribution in [2.24, 2.45) is 0 Å². The highest BCUT2D eigenvalue weighted by atomic mass is 79.9. The molecule has 1 saturated heterocycles. The zero-order valence-electron chi connectivity index (χ0n) is 15.7. The molecule has 6 nitrogen and oxygen atoms in total. The molecule has 0 unspecified atom stereocenters. The van der Waals surface area contributed by atoms with E-state index in [1.54, 1.807) is 0 Å². The van der Waals surface area contributed by atoms with Crippen LogP contribution in [-0.4, -0.2) is 44.9 Å². The van der Waals surface area contributed by atoms with E-state index in [4.69, 9.17) is 9.72 Å². The summed E-state index contributed by atoms with van der Waals surface area (Å²) in [5.74, 6) is 1.22. The van der Waals surface area contributed by atoms with Crippen LogP contribution < -0.4 is 10.1 Å². The largest absolute Gasteiger partial charge is 0.485 e. The number of nitrogens with one attached hydrogen (secondary N) is 1. The van der Waals surface area contributed by atoms with Crippen molar-refractivity contribution >= 4 is 57.3 Å². The van der Waals surface area contributed by atoms with E-state index in [2.05, 4.69) is 31.4 Å². The smallest absolute Gasteiger partial charge is 0.187 e. The molecule has 0 saturated carbocycles. The Hall–Kier alpha value is -2.00. The van der Waals surface area contributed by atoms with Gasteiger partial charge in [-0.25, -0.2) is 9.37 Å². The van der Waals surface area contributed by atoms with Crippen LogP contribution in [0.2, 0.25) is 0 Å². The highest BCUT2D eigenvalue weighted by Gasteiger charge is 2.27. The maximum atomic E-state index is 14.2. The van der Waals surface area contributed by atoms with E-state index in [1.165, 1.54) is 0 Å². The van der Waals surface area contributed by atoms with Gasteiger partial charge in [0.25, 0.3) is 0 Å². The second-order valence-electron chi connectivity index (χ2n) is 6.79. The van der Waals surface area contributed by atoms with Crippen molar-refractivity contribution < 1.29 is 9.13 Å². The lowest BCUT2D eigenvalue weighted by Gasteiger charge is -2.27. The van der Waals surface area contributed by atoms with Gasteiger partial charge in [0.05, 0.1) is 0 Å². The third-order valence-electron chi connectivity index (χ3n) is 4.91. The first-order chi connectivity index (χ1) is 13.7. The van der Waals surface area contributed by atoms with Gasteiger partial charge in [-0.3, -0.25) is 4.40 Å². The van der Waals surface area contributed by atoms with Crippen LogP contribution >= 0.6 is 40.7 Å². The second-order valence-corrected chi connectivity index (χ2v) is 7.70. The Balaban J connectivity index is 0.00000128. The van der Waals surface area contributed by atoms with Crippen LogP contribution in [0.3, 0.4) is 0 Å². The van der Waals surface area contributed by atoms with Gasteiger partial charge in [-0.15, -0.1) is 35.0 Å². The maximum absolute atomic E-state index is 14.2. The van der Waals surface area contributed by atoms with Crippen LogP contribution in [0.5, 0.6) is 5.75 Å². The number of halogens is 4. The lowest BCUT2D eigenvalue weighted by atomic mass is 10.1. The molecule has 0 spiro atoms. The molecule has 3 aromatic heterocycles. The Morgan fingerprint density at radius 3 is 2.80 bits per heavy atom. The van der Waals surface area contributed by atoms with Gasteiger partial charge < -0.3 is 10.1 Å². The first-order valence-electron chi connectivity index (χ1n) is 9.11. The lowest BCUT2D eigenvalue weighted by molar-refractivity contribution is 0.0742.